The first-order chi connectivity index (χ1) is 8.07. The van der Waals surface area contributed by atoms with Crippen LogP contribution >= 0.6 is 0 Å². The second-order valence-electron chi connectivity index (χ2n) is 4.47. The molecule has 1 aromatic heterocycles. The van der Waals surface area contributed by atoms with Crippen LogP contribution in [-0.4, -0.2) is 42.1 Å². The third-order valence-corrected chi connectivity index (χ3v) is 5.28. The fraction of sp³-hybridized carbons (Fsp3) is 0.700. The first-order valence-electron chi connectivity index (χ1n) is 5.78. The summed E-state index contributed by atoms with van der Waals surface area (Å²) in [7, 11) is -3.45. The van der Waals surface area contributed by atoms with Crippen molar-refractivity contribution in [3.63, 3.8) is 0 Å². The molecule has 0 spiro atoms. The highest BCUT2D eigenvalue weighted by atomic mass is 32.2. The topological polar surface area (TPSA) is 92.1 Å². The van der Waals surface area contributed by atoms with Crippen molar-refractivity contribution in [2.45, 2.75) is 30.7 Å². The summed E-state index contributed by atoms with van der Waals surface area (Å²) in [4.78, 5) is 0.213. The number of aromatic amines is 1. The van der Waals surface area contributed by atoms with Crippen LogP contribution in [0, 0.1) is 5.92 Å². The number of rotatable bonds is 3. The van der Waals surface area contributed by atoms with E-state index in [-0.39, 0.29) is 10.9 Å². The van der Waals surface area contributed by atoms with E-state index in [1.165, 1.54) is 16.7 Å². The molecule has 1 aromatic rings. The lowest BCUT2D eigenvalue weighted by molar-refractivity contribution is 0.192. The number of hydrogen-bond donors (Lipinski definition) is 2. The zero-order valence-electron chi connectivity index (χ0n) is 9.83. The summed E-state index contributed by atoms with van der Waals surface area (Å²) in [6, 6.07) is -0.108. The van der Waals surface area contributed by atoms with E-state index in [1.54, 1.807) is 0 Å². The molecule has 0 bridgehead atoms. The van der Waals surface area contributed by atoms with Gasteiger partial charge in [0.15, 0.2) is 0 Å². The van der Waals surface area contributed by atoms with Gasteiger partial charge in [-0.25, -0.2) is 8.42 Å². The molecule has 2 heterocycles. The minimum absolute atomic E-state index is 0.108. The number of sulfonamides is 1. The predicted octanol–water partition coefficient (Wildman–Crippen LogP) is 0.158. The minimum Gasteiger partial charge on any atom is -0.329 e. The Morgan fingerprint density at radius 3 is 3.00 bits per heavy atom. The number of nitrogens with two attached hydrogens (primary N) is 1. The fourth-order valence-corrected chi connectivity index (χ4v) is 4.05. The van der Waals surface area contributed by atoms with Crippen molar-refractivity contribution < 1.29 is 8.42 Å². The molecule has 2 rings (SSSR count). The quantitative estimate of drug-likeness (QED) is 0.807. The normalized spacial score (nSPS) is 27.2. The van der Waals surface area contributed by atoms with E-state index in [2.05, 4.69) is 17.1 Å². The number of aromatic nitrogens is 2. The molecule has 0 aromatic carbocycles. The lowest BCUT2D eigenvalue weighted by atomic mass is 9.93. The van der Waals surface area contributed by atoms with Gasteiger partial charge in [-0.1, -0.05) is 6.92 Å². The predicted molar refractivity (Wildman–Crippen MR) is 63.7 cm³/mol. The molecule has 1 saturated heterocycles. The summed E-state index contributed by atoms with van der Waals surface area (Å²) in [5.41, 5.74) is 5.70. The van der Waals surface area contributed by atoms with Crippen LogP contribution < -0.4 is 5.73 Å². The SMILES string of the molecule is CC1CCCN(S(=O)(=O)c2cn[nH]c2)C1CN. The van der Waals surface area contributed by atoms with Crippen LogP contribution in [0.15, 0.2) is 17.3 Å². The van der Waals surface area contributed by atoms with E-state index in [9.17, 15) is 8.42 Å². The molecule has 6 nitrogen and oxygen atoms in total. The number of piperidine rings is 1. The summed E-state index contributed by atoms with van der Waals surface area (Å²) < 4.78 is 26.3. The van der Waals surface area contributed by atoms with E-state index in [0.717, 1.165) is 12.8 Å². The highest BCUT2D eigenvalue weighted by molar-refractivity contribution is 7.89. The molecular formula is C10H18N4O2S. The van der Waals surface area contributed by atoms with Gasteiger partial charge >= 0.3 is 0 Å². The smallest absolute Gasteiger partial charge is 0.246 e. The number of H-pyrrole nitrogens is 1. The summed E-state index contributed by atoms with van der Waals surface area (Å²) >= 11 is 0. The van der Waals surface area contributed by atoms with E-state index < -0.39 is 10.0 Å². The maximum absolute atomic E-state index is 12.4. The van der Waals surface area contributed by atoms with Crippen molar-refractivity contribution in [1.29, 1.82) is 0 Å². The van der Waals surface area contributed by atoms with Gasteiger partial charge in [-0.15, -0.1) is 0 Å². The van der Waals surface area contributed by atoms with E-state index in [0.29, 0.717) is 19.0 Å². The zero-order valence-corrected chi connectivity index (χ0v) is 10.7. The number of hydrogen-bond acceptors (Lipinski definition) is 4. The van der Waals surface area contributed by atoms with Gasteiger partial charge in [0.25, 0.3) is 0 Å². The zero-order chi connectivity index (χ0) is 12.5. The summed E-state index contributed by atoms with van der Waals surface area (Å²) in [6.07, 6.45) is 4.65. The monoisotopic (exact) mass is 258 g/mol. The standard InChI is InChI=1S/C10H18N4O2S/c1-8-3-2-4-14(10(8)5-11)17(15,16)9-6-12-13-7-9/h6-8,10H,2-5,11H2,1H3,(H,12,13). The maximum Gasteiger partial charge on any atom is 0.246 e. The first-order valence-corrected chi connectivity index (χ1v) is 7.22. The van der Waals surface area contributed by atoms with Crippen molar-refractivity contribution >= 4 is 10.0 Å². The van der Waals surface area contributed by atoms with E-state index in [1.807, 2.05) is 0 Å². The number of nitrogens with one attached hydrogen (secondary N) is 1. The van der Waals surface area contributed by atoms with Gasteiger partial charge in [0.2, 0.25) is 10.0 Å². The Balaban J connectivity index is 2.32. The van der Waals surface area contributed by atoms with Crippen LogP contribution in [0.1, 0.15) is 19.8 Å². The van der Waals surface area contributed by atoms with Gasteiger partial charge in [-0.2, -0.15) is 9.40 Å². The van der Waals surface area contributed by atoms with Crippen molar-refractivity contribution in [2.75, 3.05) is 13.1 Å². The van der Waals surface area contributed by atoms with E-state index >= 15 is 0 Å². The molecule has 2 unspecified atom stereocenters. The first kappa shape index (κ1) is 12.5. The Hall–Kier alpha value is -0.920. The van der Waals surface area contributed by atoms with E-state index in [4.69, 9.17) is 5.73 Å². The van der Waals surface area contributed by atoms with Crippen LogP contribution in [-0.2, 0) is 10.0 Å². The molecular weight excluding hydrogens is 240 g/mol. The molecule has 0 radical (unpaired) electrons. The molecule has 1 fully saturated rings. The molecule has 0 amide bonds. The van der Waals surface area contributed by atoms with Crippen LogP contribution in [0.2, 0.25) is 0 Å². The van der Waals surface area contributed by atoms with Crippen LogP contribution in [0.4, 0.5) is 0 Å². The van der Waals surface area contributed by atoms with Gasteiger partial charge in [-0.05, 0) is 18.8 Å². The second kappa shape index (κ2) is 4.75. The van der Waals surface area contributed by atoms with Gasteiger partial charge in [-0.3, -0.25) is 5.10 Å². The Morgan fingerprint density at radius 2 is 2.41 bits per heavy atom. The highest BCUT2D eigenvalue weighted by Gasteiger charge is 2.36. The molecule has 2 atom stereocenters. The van der Waals surface area contributed by atoms with Crippen molar-refractivity contribution in [2.24, 2.45) is 11.7 Å². The third-order valence-electron chi connectivity index (χ3n) is 3.39. The lowest BCUT2D eigenvalue weighted by Gasteiger charge is -2.37. The molecule has 0 aliphatic carbocycles. The Labute approximate surface area is 101 Å². The van der Waals surface area contributed by atoms with Crippen molar-refractivity contribution in [1.82, 2.24) is 14.5 Å². The summed E-state index contributed by atoms with van der Waals surface area (Å²) in [6.45, 7) is 2.95. The molecule has 96 valence electrons. The fourth-order valence-electron chi connectivity index (χ4n) is 2.37. The average molecular weight is 258 g/mol. The van der Waals surface area contributed by atoms with Crippen molar-refractivity contribution in [3.05, 3.63) is 12.4 Å². The molecule has 1 aliphatic rings. The van der Waals surface area contributed by atoms with Crippen molar-refractivity contribution in [3.8, 4) is 0 Å². The van der Waals surface area contributed by atoms with Crippen LogP contribution in [0.3, 0.4) is 0 Å². The Kier molecular flexibility index (Phi) is 3.50. The van der Waals surface area contributed by atoms with Gasteiger partial charge < -0.3 is 5.73 Å². The third kappa shape index (κ3) is 2.22. The molecule has 7 heteroatoms. The molecule has 0 saturated carbocycles. The van der Waals surface area contributed by atoms with Gasteiger partial charge in [0.1, 0.15) is 4.90 Å². The Morgan fingerprint density at radius 1 is 1.65 bits per heavy atom. The minimum atomic E-state index is -3.45. The molecule has 1 aliphatic heterocycles. The van der Waals surface area contributed by atoms with Crippen LogP contribution in [0.25, 0.3) is 0 Å². The molecule has 3 N–H and O–H groups in total. The Bertz CT molecular complexity index is 457. The summed E-state index contributed by atoms with van der Waals surface area (Å²) in [5, 5.41) is 6.22. The average Bonchev–Trinajstić information content (AvgIpc) is 2.82. The highest BCUT2D eigenvalue weighted by Crippen LogP contribution is 2.28. The van der Waals surface area contributed by atoms with Gasteiger partial charge in [0, 0.05) is 25.3 Å². The number of nitrogens with zero attached hydrogens (tertiary/aromatic N) is 2. The lowest BCUT2D eigenvalue weighted by Crippen LogP contribution is -2.51. The molecule has 17 heavy (non-hydrogen) atoms. The van der Waals surface area contributed by atoms with Crippen LogP contribution in [0.5, 0.6) is 0 Å². The largest absolute Gasteiger partial charge is 0.329 e. The maximum atomic E-state index is 12.4. The summed E-state index contributed by atoms with van der Waals surface area (Å²) in [5.74, 6) is 0.301. The van der Waals surface area contributed by atoms with Gasteiger partial charge in [0.05, 0.1) is 6.20 Å². The second-order valence-corrected chi connectivity index (χ2v) is 6.36.